The van der Waals surface area contributed by atoms with Crippen LogP contribution in [0.1, 0.15) is 38.6 Å². The molecule has 1 aliphatic rings. The van der Waals surface area contributed by atoms with Crippen molar-refractivity contribution in [3.05, 3.63) is 41.8 Å². The van der Waals surface area contributed by atoms with Gasteiger partial charge in [-0.25, -0.2) is 9.38 Å². The highest BCUT2D eigenvalue weighted by Crippen LogP contribution is 2.20. The molecule has 8 nitrogen and oxygen atoms in total. The number of anilines is 1. The predicted octanol–water partition coefficient (Wildman–Crippen LogP) is 2.59. The van der Waals surface area contributed by atoms with E-state index in [0.717, 1.165) is 38.7 Å². The number of aromatic nitrogens is 2. The Morgan fingerprint density at radius 1 is 1.28 bits per heavy atom. The summed E-state index contributed by atoms with van der Waals surface area (Å²) >= 11 is 0. The lowest BCUT2D eigenvalue weighted by Gasteiger charge is -2.37. The second-order valence-corrected chi connectivity index (χ2v) is 6.74. The molecule has 3 rings (SSSR count). The van der Waals surface area contributed by atoms with Crippen molar-refractivity contribution in [2.45, 2.75) is 33.4 Å². The second-order valence-electron chi connectivity index (χ2n) is 6.74. The largest absolute Gasteiger partial charge is 0.371 e. The molecule has 0 bridgehead atoms. The molecule has 1 atom stereocenters. The van der Waals surface area contributed by atoms with Gasteiger partial charge in [0.05, 0.1) is 5.69 Å². The highest BCUT2D eigenvalue weighted by atomic mass is 19.1. The molecule has 0 amide bonds. The molecular weight excluding hydrogens is 375 g/mol. The fraction of sp³-hybridized carbons (Fsp3) is 0.550. The molecule has 1 aromatic carbocycles. The summed E-state index contributed by atoms with van der Waals surface area (Å²) in [6.07, 6.45) is -0.207. The molecule has 0 radical (unpaired) electrons. The standard InChI is InChI=1S/C20H29FN6O2/c1-4-22-20(23-14-18-24-19(25-29-18)15(3)28-5-2)27-12-10-26(11-13-27)17-9-7-6-8-16(17)21/h6-9,15H,4-5,10-14H2,1-3H3,(H,22,23). The van der Waals surface area contributed by atoms with Crippen LogP contribution in [-0.2, 0) is 11.3 Å². The number of ether oxygens (including phenoxy) is 1. The number of nitrogens with zero attached hydrogens (tertiary/aromatic N) is 5. The quantitative estimate of drug-likeness (QED) is 0.561. The maximum Gasteiger partial charge on any atom is 0.248 e. The van der Waals surface area contributed by atoms with E-state index in [0.29, 0.717) is 30.6 Å². The van der Waals surface area contributed by atoms with Crippen LogP contribution in [0, 0.1) is 5.82 Å². The van der Waals surface area contributed by atoms with Crippen molar-refractivity contribution in [1.82, 2.24) is 20.4 Å². The van der Waals surface area contributed by atoms with Crippen molar-refractivity contribution in [3.63, 3.8) is 0 Å². The van der Waals surface area contributed by atoms with Crippen LogP contribution >= 0.6 is 0 Å². The van der Waals surface area contributed by atoms with Crippen LogP contribution in [0.25, 0.3) is 0 Å². The smallest absolute Gasteiger partial charge is 0.248 e. The number of hydrogen-bond acceptors (Lipinski definition) is 6. The molecular formula is C20H29FN6O2. The average molecular weight is 404 g/mol. The predicted molar refractivity (Wildman–Crippen MR) is 109 cm³/mol. The Labute approximate surface area is 170 Å². The summed E-state index contributed by atoms with van der Waals surface area (Å²) in [4.78, 5) is 13.2. The van der Waals surface area contributed by atoms with Crippen molar-refractivity contribution < 1.29 is 13.7 Å². The maximum absolute atomic E-state index is 14.0. The molecule has 2 aromatic rings. The summed E-state index contributed by atoms with van der Waals surface area (Å²) in [6, 6.07) is 6.89. The van der Waals surface area contributed by atoms with Crippen LogP contribution in [0.4, 0.5) is 10.1 Å². The fourth-order valence-corrected chi connectivity index (χ4v) is 3.26. The van der Waals surface area contributed by atoms with E-state index in [2.05, 4.69) is 30.2 Å². The van der Waals surface area contributed by atoms with Gasteiger partial charge >= 0.3 is 0 Å². The number of benzene rings is 1. The van der Waals surface area contributed by atoms with Gasteiger partial charge in [-0.15, -0.1) is 0 Å². The van der Waals surface area contributed by atoms with Crippen LogP contribution in [0.2, 0.25) is 0 Å². The zero-order valence-electron chi connectivity index (χ0n) is 17.3. The summed E-state index contributed by atoms with van der Waals surface area (Å²) in [5.41, 5.74) is 0.649. The van der Waals surface area contributed by atoms with E-state index in [1.807, 2.05) is 32.9 Å². The van der Waals surface area contributed by atoms with Gasteiger partial charge in [0.15, 0.2) is 11.8 Å². The molecule has 1 N–H and O–H groups in total. The number of aliphatic imine (C=N–C) groups is 1. The lowest BCUT2D eigenvalue weighted by atomic mass is 10.2. The van der Waals surface area contributed by atoms with E-state index in [-0.39, 0.29) is 11.9 Å². The van der Waals surface area contributed by atoms with E-state index in [4.69, 9.17) is 9.26 Å². The topological polar surface area (TPSA) is 79.0 Å². The van der Waals surface area contributed by atoms with E-state index in [1.54, 1.807) is 6.07 Å². The molecule has 0 aliphatic carbocycles. The number of piperazine rings is 1. The summed E-state index contributed by atoms with van der Waals surface area (Å²) in [7, 11) is 0. The molecule has 2 heterocycles. The van der Waals surface area contributed by atoms with Crippen molar-refractivity contribution in [2.75, 3.05) is 44.2 Å². The van der Waals surface area contributed by atoms with E-state index in [9.17, 15) is 4.39 Å². The number of rotatable bonds is 7. The van der Waals surface area contributed by atoms with Crippen LogP contribution in [0.15, 0.2) is 33.8 Å². The average Bonchev–Trinajstić information content (AvgIpc) is 3.21. The van der Waals surface area contributed by atoms with Gasteiger partial charge in [0.2, 0.25) is 5.89 Å². The third kappa shape index (κ3) is 5.44. The first-order valence-electron chi connectivity index (χ1n) is 10.1. The van der Waals surface area contributed by atoms with Gasteiger partial charge in [0.25, 0.3) is 0 Å². The SMILES string of the molecule is CCNC(=NCc1nc(C(C)OCC)no1)N1CCN(c2ccccc2F)CC1. The van der Waals surface area contributed by atoms with Crippen LogP contribution in [-0.4, -0.2) is 60.3 Å². The van der Waals surface area contributed by atoms with E-state index in [1.165, 1.54) is 6.07 Å². The van der Waals surface area contributed by atoms with Crippen molar-refractivity contribution in [2.24, 2.45) is 4.99 Å². The minimum atomic E-state index is -0.207. The molecule has 1 fully saturated rings. The van der Waals surface area contributed by atoms with Gasteiger partial charge in [-0.05, 0) is 32.9 Å². The second kappa shape index (κ2) is 10.2. The molecule has 1 saturated heterocycles. The molecule has 9 heteroatoms. The van der Waals surface area contributed by atoms with Gasteiger partial charge in [0.1, 0.15) is 18.5 Å². The number of hydrogen-bond donors (Lipinski definition) is 1. The van der Waals surface area contributed by atoms with Gasteiger partial charge in [-0.2, -0.15) is 4.98 Å². The van der Waals surface area contributed by atoms with E-state index < -0.39 is 0 Å². The number of guanidine groups is 1. The van der Waals surface area contributed by atoms with Gasteiger partial charge in [0, 0.05) is 39.3 Å². The Bertz CT molecular complexity index is 804. The minimum absolute atomic E-state index is 0.185. The molecule has 1 aromatic heterocycles. The summed E-state index contributed by atoms with van der Waals surface area (Å²) in [6.45, 7) is 10.4. The summed E-state index contributed by atoms with van der Waals surface area (Å²) in [5.74, 6) is 1.58. The molecule has 29 heavy (non-hydrogen) atoms. The van der Waals surface area contributed by atoms with Crippen LogP contribution in [0.5, 0.6) is 0 Å². The Hall–Kier alpha value is -2.68. The number of halogens is 1. The van der Waals surface area contributed by atoms with Gasteiger partial charge in [-0.1, -0.05) is 17.3 Å². The Kier molecular flexibility index (Phi) is 7.40. The maximum atomic E-state index is 14.0. The number of para-hydroxylation sites is 1. The number of nitrogens with one attached hydrogen (secondary N) is 1. The third-order valence-electron chi connectivity index (χ3n) is 4.74. The Morgan fingerprint density at radius 2 is 2.03 bits per heavy atom. The van der Waals surface area contributed by atoms with Crippen molar-refractivity contribution >= 4 is 11.6 Å². The molecule has 1 aliphatic heterocycles. The first-order valence-corrected chi connectivity index (χ1v) is 10.1. The summed E-state index contributed by atoms with van der Waals surface area (Å²) < 4.78 is 24.8. The van der Waals surface area contributed by atoms with Gasteiger partial charge < -0.3 is 24.4 Å². The first kappa shape index (κ1) is 21.0. The Balaban J connectivity index is 1.61. The normalized spacial score (nSPS) is 16.2. The highest BCUT2D eigenvalue weighted by molar-refractivity contribution is 5.80. The zero-order chi connectivity index (χ0) is 20.6. The highest BCUT2D eigenvalue weighted by Gasteiger charge is 2.22. The van der Waals surface area contributed by atoms with Crippen LogP contribution in [0.3, 0.4) is 0 Å². The lowest BCUT2D eigenvalue weighted by Crippen LogP contribution is -2.52. The first-order chi connectivity index (χ1) is 14.1. The zero-order valence-corrected chi connectivity index (χ0v) is 17.3. The monoisotopic (exact) mass is 404 g/mol. The molecule has 1 unspecified atom stereocenters. The van der Waals surface area contributed by atoms with Crippen molar-refractivity contribution in [3.8, 4) is 0 Å². The molecule has 0 spiro atoms. The lowest BCUT2D eigenvalue weighted by molar-refractivity contribution is 0.0683. The van der Waals surface area contributed by atoms with E-state index >= 15 is 0 Å². The molecule has 158 valence electrons. The van der Waals surface area contributed by atoms with Crippen LogP contribution < -0.4 is 10.2 Å². The molecule has 0 saturated carbocycles. The minimum Gasteiger partial charge on any atom is -0.371 e. The Morgan fingerprint density at radius 3 is 2.72 bits per heavy atom. The third-order valence-corrected chi connectivity index (χ3v) is 4.74. The fourth-order valence-electron chi connectivity index (χ4n) is 3.26. The van der Waals surface area contributed by atoms with Crippen molar-refractivity contribution in [1.29, 1.82) is 0 Å². The summed E-state index contributed by atoms with van der Waals surface area (Å²) in [5, 5.41) is 7.27. The van der Waals surface area contributed by atoms with Gasteiger partial charge in [-0.3, -0.25) is 0 Å².